The van der Waals surface area contributed by atoms with E-state index >= 15 is 0 Å². The van der Waals surface area contributed by atoms with Gasteiger partial charge in [0.25, 0.3) is 5.91 Å². The fourth-order valence-electron chi connectivity index (χ4n) is 1.87. The maximum Gasteiger partial charge on any atom is 0.338 e. The highest BCUT2D eigenvalue weighted by Gasteiger charge is 2.24. The number of rotatable bonds is 5. The van der Waals surface area contributed by atoms with Gasteiger partial charge in [-0.15, -0.1) is 0 Å². The largest absolute Gasteiger partial charge is 0.452 e. The van der Waals surface area contributed by atoms with Crippen molar-refractivity contribution in [2.24, 2.45) is 0 Å². The quantitative estimate of drug-likeness (QED) is 0.745. The topological polar surface area (TPSA) is 119 Å². The first kappa shape index (κ1) is 17.9. The number of aryl methyl sites for hydroxylation is 1. The van der Waals surface area contributed by atoms with E-state index in [4.69, 9.17) is 4.74 Å². The fraction of sp³-hybridized carbons (Fsp3) is 0.400. The van der Waals surface area contributed by atoms with E-state index in [1.54, 1.807) is 6.92 Å². The smallest absolute Gasteiger partial charge is 0.338 e. The summed E-state index contributed by atoms with van der Waals surface area (Å²) in [5.41, 5.74) is 0.562. The van der Waals surface area contributed by atoms with Crippen LogP contribution in [0.15, 0.2) is 23.1 Å². The molecule has 1 aromatic rings. The van der Waals surface area contributed by atoms with Crippen molar-refractivity contribution in [3.05, 3.63) is 29.3 Å². The molecular formula is C15H18N2O6S. The maximum atomic E-state index is 12.0. The van der Waals surface area contributed by atoms with Crippen LogP contribution in [-0.4, -0.2) is 45.2 Å². The van der Waals surface area contributed by atoms with Crippen molar-refractivity contribution in [3.63, 3.8) is 0 Å². The van der Waals surface area contributed by atoms with E-state index in [2.05, 4.69) is 5.32 Å². The molecule has 1 saturated carbocycles. The van der Waals surface area contributed by atoms with Crippen molar-refractivity contribution in [2.45, 2.75) is 30.7 Å². The summed E-state index contributed by atoms with van der Waals surface area (Å²) in [6.45, 7) is 0.977. The molecule has 0 spiro atoms. The summed E-state index contributed by atoms with van der Waals surface area (Å²) in [6.07, 6.45) is 2.79. The van der Waals surface area contributed by atoms with Crippen molar-refractivity contribution in [1.29, 1.82) is 0 Å². The number of carbonyl (C=O) groups is 3. The number of urea groups is 1. The lowest BCUT2D eigenvalue weighted by Gasteiger charge is -2.09. The van der Waals surface area contributed by atoms with Crippen LogP contribution in [0.3, 0.4) is 0 Å². The van der Waals surface area contributed by atoms with Crippen LogP contribution in [0, 0.1) is 6.92 Å². The van der Waals surface area contributed by atoms with Gasteiger partial charge in [-0.05, 0) is 37.5 Å². The Kier molecular flexibility index (Phi) is 5.23. The molecule has 0 atom stereocenters. The molecule has 1 aliphatic rings. The average molecular weight is 354 g/mol. The Morgan fingerprint density at radius 2 is 1.92 bits per heavy atom. The molecule has 24 heavy (non-hydrogen) atoms. The van der Waals surface area contributed by atoms with E-state index in [-0.39, 0.29) is 16.5 Å². The first-order valence-corrected chi connectivity index (χ1v) is 9.14. The Morgan fingerprint density at radius 1 is 1.25 bits per heavy atom. The number of nitrogens with one attached hydrogen (secondary N) is 2. The molecule has 1 aliphatic carbocycles. The standard InChI is InChI=1S/C15H18N2O6S/c1-9-3-6-11(24(2,21)22)7-12(9)14(19)23-8-13(18)17-15(20)16-10-4-5-10/h3,6-7,10H,4-5,8H2,1-2H3,(H2,16,17,18,20). The van der Waals surface area contributed by atoms with E-state index in [9.17, 15) is 22.8 Å². The Bertz CT molecular complexity index is 783. The second-order valence-electron chi connectivity index (χ2n) is 5.62. The lowest BCUT2D eigenvalue weighted by atomic mass is 10.1. The molecule has 8 nitrogen and oxygen atoms in total. The minimum Gasteiger partial charge on any atom is -0.452 e. The fourth-order valence-corrected chi connectivity index (χ4v) is 2.52. The molecule has 0 saturated heterocycles. The molecule has 1 fully saturated rings. The molecule has 1 aromatic carbocycles. The number of esters is 1. The van der Waals surface area contributed by atoms with Gasteiger partial charge in [-0.1, -0.05) is 6.07 Å². The molecule has 3 amide bonds. The molecule has 0 bridgehead atoms. The van der Waals surface area contributed by atoms with E-state index < -0.39 is 34.4 Å². The molecule has 0 aliphatic heterocycles. The Balaban J connectivity index is 1.94. The van der Waals surface area contributed by atoms with Gasteiger partial charge in [0.15, 0.2) is 16.4 Å². The minimum atomic E-state index is -3.47. The van der Waals surface area contributed by atoms with Gasteiger partial charge in [0.2, 0.25) is 0 Å². The predicted octanol–water partition coefficient (Wildman–Crippen LogP) is 0.544. The highest BCUT2D eigenvalue weighted by atomic mass is 32.2. The number of imide groups is 1. The van der Waals surface area contributed by atoms with Crippen molar-refractivity contribution >= 4 is 27.7 Å². The van der Waals surface area contributed by atoms with Crippen molar-refractivity contribution < 1.29 is 27.5 Å². The van der Waals surface area contributed by atoms with Gasteiger partial charge < -0.3 is 10.1 Å². The lowest BCUT2D eigenvalue weighted by Crippen LogP contribution is -2.42. The molecule has 2 rings (SSSR count). The third kappa shape index (κ3) is 5.05. The first-order valence-electron chi connectivity index (χ1n) is 7.25. The minimum absolute atomic E-state index is 0.0201. The SMILES string of the molecule is Cc1ccc(S(C)(=O)=O)cc1C(=O)OCC(=O)NC(=O)NC1CC1. The summed E-state index contributed by atoms with van der Waals surface area (Å²) in [7, 11) is -3.47. The molecule has 130 valence electrons. The first-order chi connectivity index (χ1) is 11.2. The Morgan fingerprint density at radius 3 is 2.50 bits per heavy atom. The number of hydrogen-bond acceptors (Lipinski definition) is 6. The van der Waals surface area contributed by atoms with Gasteiger partial charge in [0, 0.05) is 12.3 Å². The van der Waals surface area contributed by atoms with Crippen LogP contribution in [-0.2, 0) is 19.4 Å². The predicted molar refractivity (Wildman–Crippen MR) is 84.3 cm³/mol. The van der Waals surface area contributed by atoms with Crippen LogP contribution in [0.4, 0.5) is 4.79 Å². The van der Waals surface area contributed by atoms with Gasteiger partial charge in [-0.3, -0.25) is 10.1 Å². The number of carbonyl (C=O) groups excluding carboxylic acids is 3. The summed E-state index contributed by atoms with van der Waals surface area (Å²) in [6, 6.07) is 3.53. The third-order valence-corrected chi connectivity index (χ3v) is 4.47. The van der Waals surface area contributed by atoms with Crippen LogP contribution < -0.4 is 10.6 Å². The third-order valence-electron chi connectivity index (χ3n) is 3.36. The van der Waals surface area contributed by atoms with Gasteiger partial charge in [-0.25, -0.2) is 18.0 Å². The second kappa shape index (κ2) is 7.00. The number of amides is 3. The Hall–Kier alpha value is -2.42. The van der Waals surface area contributed by atoms with E-state index in [1.165, 1.54) is 18.2 Å². The Labute approximate surface area is 139 Å². The summed E-state index contributed by atoms with van der Waals surface area (Å²) < 4.78 is 27.9. The van der Waals surface area contributed by atoms with Gasteiger partial charge in [0.1, 0.15) is 0 Å². The number of hydrogen-bond donors (Lipinski definition) is 2. The summed E-state index contributed by atoms with van der Waals surface area (Å²) in [4.78, 5) is 34.9. The van der Waals surface area contributed by atoms with Crippen LogP contribution in [0.25, 0.3) is 0 Å². The molecular weight excluding hydrogens is 336 g/mol. The highest BCUT2D eigenvalue weighted by Crippen LogP contribution is 2.18. The van der Waals surface area contributed by atoms with Crippen LogP contribution in [0.2, 0.25) is 0 Å². The molecule has 9 heteroatoms. The van der Waals surface area contributed by atoms with Crippen molar-refractivity contribution in [3.8, 4) is 0 Å². The maximum absolute atomic E-state index is 12.0. The van der Waals surface area contributed by atoms with Gasteiger partial charge >= 0.3 is 12.0 Å². The second-order valence-corrected chi connectivity index (χ2v) is 7.64. The normalized spacial score (nSPS) is 13.9. The number of ether oxygens (including phenoxy) is 1. The number of sulfone groups is 1. The van der Waals surface area contributed by atoms with E-state index in [0.29, 0.717) is 5.56 Å². The summed E-state index contributed by atoms with van der Waals surface area (Å²) >= 11 is 0. The van der Waals surface area contributed by atoms with E-state index in [0.717, 1.165) is 19.1 Å². The van der Waals surface area contributed by atoms with Crippen LogP contribution >= 0.6 is 0 Å². The zero-order valence-electron chi connectivity index (χ0n) is 13.3. The average Bonchev–Trinajstić information content (AvgIpc) is 3.27. The summed E-state index contributed by atoms with van der Waals surface area (Å²) in [5.74, 6) is -1.60. The zero-order chi connectivity index (χ0) is 17.9. The summed E-state index contributed by atoms with van der Waals surface area (Å²) in [5, 5.41) is 4.61. The lowest BCUT2D eigenvalue weighted by molar-refractivity contribution is -0.123. The van der Waals surface area contributed by atoms with Gasteiger partial charge in [0.05, 0.1) is 10.5 Å². The molecule has 2 N–H and O–H groups in total. The van der Waals surface area contributed by atoms with Crippen LogP contribution in [0.1, 0.15) is 28.8 Å². The van der Waals surface area contributed by atoms with Crippen LogP contribution in [0.5, 0.6) is 0 Å². The van der Waals surface area contributed by atoms with E-state index in [1.807, 2.05) is 5.32 Å². The van der Waals surface area contributed by atoms with Crippen molar-refractivity contribution in [1.82, 2.24) is 10.6 Å². The molecule has 0 aromatic heterocycles. The molecule has 0 radical (unpaired) electrons. The zero-order valence-corrected chi connectivity index (χ0v) is 14.1. The highest BCUT2D eigenvalue weighted by molar-refractivity contribution is 7.90. The monoisotopic (exact) mass is 354 g/mol. The number of benzene rings is 1. The molecule has 0 unspecified atom stereocenters. The molecule has 0 heterocycles. The van der Waals surface area contributed by atoms with Crippen molar-refractivity contribution in [2.75, 3.05) is 12.9 Å². The van der Waals surface area contributed by atoms with Gasteiger partial charge in [-0.2, -0.15) is 0 Å².